The Kier molecular flexibility index (Phi) is 5.16. The Hall–Kier alpha value is -1.80. The number of hydrogen-bond donors (Lipinski definition) is 1. The lowest BCUT2D eigenvalue weighted by Crippen LogP contribution is -2.38. The van der Waals surface area contributed by atoms with Crippen LogP contribution in [-0.2, 0) is 20.6 Å². The van der Waals surface area contributed by atoms with Crippen molar-refractivity contribution in [2.24, 2.45) is 14.1 Å². The van der Waals surface area contributed by atoms with Crippen molar-refractivity contribution >= 4 is 28.7 Å². The van der Waals surface area contributed by atoms with E-state index in [9.17, 15) is 14.7 Å². The van der Waals surface area contributed by atoms with E-state index in [1.54, 1.807) is 11.6 Å². The highest BCUT2D eigenvalue weighted by Crippen LogP contribution is 2.20. The number of aryl methyl sites for hydroxylation is 1. The minimum Gasteiger partial charge on any atom is -0.390 e. The number of anilines is 1. The highest BCUT2D eigenvalue weighted by molar-refractivity contribution is 6.18. The molecule has 0 aliphatic rings. The van der Waals surface area contributed by atoms with E-state index >= 15 is 0 Å². The van der Waals surface area contributed by atoms with Crippen molar-refractivity contribution in [2.75, 3.05) is 23.9 Å². The van der Waals surface area contributed by atoms with E-state index in [0.29, 0.717) is 30.2 Å². The molecule has 0 spiro atoms. The quantitative estimate of drug-likeness (QED) is 0.739. The van der Waals surface area contributed by atoms with Crippen LogP contribution in [0.2, 0.25) is 0 Å². The highest BCUT2D eigenvalue weighted by Gasteiger charge is 2.22. The standard InChI is InChI=1S/C14H22ClN5O3/c1-5-19(6-2)13-16-11-10(20(13)8-9(21)7-15)12(22)18(4)14(23)17(11)3/h9,21H,5-8H2,1-4H3. The first-order valence-corrected chi connectivity index (χ1v) is 8.05. The second-order valence-electron chi connectivity index (χ2n) is 5.38. The molecule has 128 valence electrons. The summed E-state index contributed by atoms with van der Waals surface area (Å²) in [7, 11) is 3.00. The third kappa shape index (κ3) is 2.88. The van der Waals surface area contributed by atoms with Gasteiger partial charge in [-0.1, -0.05) is 0 Å². The number of nitrogens with zero attached hydrogens (tertiary/aromatic N) is 5. The van der Waals surface area contributed by atoms with Gasteiger partial charge in [0.05, 0.1) is 18.5 Å². The van der Waals surface area contributed by atoms with Gasteiger partial charge in [0.15, 0.2) is 11.2 Å². The van der Waals surface area contributed by atoms with Crippen LogP contribution < -0.4 is 16.1 Å². The Balaban J connectivity index is 2.88. The Labute approximate surface area is 138 Å². The minimum atomic E-state index is -0.815. The molecule has 0 radical (unpaired) electrons. The summed E-state index contributed by atoms with van der Waals surface area (Å²) < 4.78 is 4.03. The third-order valence-corrected chi connectivity index (χ3v) is 4.30. The number of aromatic nitrogens is 4. The second kappa shape index (κ2) is 6.76. The fraction of sp³-hybridized carbons (Fsp3) is 0.643. The number of rotatable bonds is 6. The summed E-state index contributed by atoms with van der Waals surface area (Å²) in [4.78, 5) is 31.1. The zero-order valence-electron chi connectivity index (χ0n) is 13.8. The molecular formula is C14H22ClN5O3. The molecule has 0 aliphatic carbocycles. The summed E-state index contributed by atoms with van der Waals surface area (Å²) in [6.45, 7) is 5.46. The molecule has 2 aromatic rings. The molecule has 2 aromatic heterocycles. The van der Waals surface area contributed by atoms with Gasteiger partial charge in [-0.25, -0.2) is 4.79 Å². The van der Waals surface area contributed by atoms with E-state index < -0.39 is 17.4 Å². The van der Waals surface area contributed by atoms with Crippen LogP contribution in [0.15, 0.2) is 9.59 Å². The smallest absolute Gasteiger partial charge is 0.332 e. The van der Waals surface area contributed by atoms with Gasteiger partial charge >= 0.3 is 5.69 Å². The normalized spacial score (nSPS) is 12.8. The molecule has 1 atom stereocenters. The van der Waals surface area contributed by atoms with E-state index in [4.69, 9.17) is 11.6 Å². The molecule has 1 unspecified atom stereocenters. The van der Waals surface area contributed by atoms with Crippen LogP contribution in [0.25, 0.3) is 11.2 Å². The molecule has 8 nitrogen and oxygen atoms in total. The predicted octanol–water partition coefficient (Wildman–Crippen LogP) is -0.120. The van der Waals surface area contributed by atoms with E-state index in [0.717, 1.165) is 4.57 Å². The molecule has 0 bridgehead atoms. The van der Waals surface area contributed by atoms with Crippen molar-refractivity contribution in [3.05, 3.63) is 20.8 Å². The maximum absolute atomic E-state index is 12.6. The van der Waals surface area contributed by atoms with Crippen LogP contribution in [0.1, 0.15) is 13.8 Å². The van der Waals surface area contributed by atoms with Gasteiger partial charge in [-0.15, -0.1) is 11.6 Å². The van der Waals surface area contributed by atoms with Gasteiger partial charge in [0.1, 0.15) is 0 Å². The van der Waals surface area contributed by atoms with Crippen molar-refractivity contribution in [1.82, 2.24) is 18.7 Å². The summed E-state index contributed by atoms with van der Waals surface area (Å²) in [6.07, 6.45) is -0.815. The van der Waals surface area contributed by atoms with Crippen LogP contribution in [0, 0.1) is 0 Å². The number of imidazole rings is 1. The lowest BCUT2D eigenvalue weighted by Gasteiger charge is -2.22. The fourth-order valence-corrected chi connectivity index (χ4v) is 2.71. The summed E-state index contributed by atoms with van der Waals surface area (Å²) >= 11 is 5.71. The van der Waals surface area contributed by atoms with Crippen LogP contribution >= 0.6 is 11.6 Å². The molecule has 23 heavy (non-hydrogen) atoms. The minimum absolute atomic E-state index is 0.0451. The van der Waals surface area contributed by atoms with Crippen LogP contribution in [0.3, 0.4) is 0 Å². The Morgan fingerprint density at radius 1 is 1.22 bits per heavy atom. The van der Waals surface area contributed by atoms with E-state index in [2.05, 4.69) is 4.98 Å². The van der Waals surface area contributed by atoms with Gasteiger partial charge in [0.2, 0.25) is 5.95 Å². The first-order valence-electron chi connectivity index (χ1n) is 7.52. The first kappa shape index (κ1) is 17.6. The van der Waals surface area contributed by atoms with Crippen molar-refractivity contribution < 1.29 is 5.11 Å². The number of fused-ring (bicyclic) bond motifs is 1. The summed E-state index contributed by atoms with van der Waals surface area (Å²) in [5, 5.41) is 9.95. The van der Waals surface area contributed by atoms with Gasteiger partial charge in [-0.3, -0.25) is 13.9 Å². The van der Waals surface area contributed by atoms with E-state index in [-0.39, 0.29) is 12.4 Å². The topological polar surface area (TPSA) is 85.3 Å². The van der Waals surface area contributed by atoms with Gasteiger partial charge in [0.25, 0.3) is 5.56 Å². The van der Waals surface area contributed by atoms with Crippen LogP contribution in [0.5, 0.6) is 0 Å². The molecular weight excluding hydrogens is 322 g/mol. The Morgan fingerprint density at radius 3 is 2.35 bits per heavy atom. The first-order chi connectivity index (χ1) is 10.9. The molecule has 0 fully saturated rings. The van der Waals surface area contributed by atoms with E-state index in [1.165, 1.54) is 11.6 Å². The van der Waals surface area contributed by atoms with Gasteiger partial charge in [0, 0.05) is 27.2 Å². The number of hydrogen-bond acceptors (Lipinski definition) is 5. The number of aliphatic hydroxyl groups is 1. The highest BCUT2D eigenvalue weighted by atomic mass is 35.5. The average molecular weight is 344 g/mol. The number of halogens is 1. The summed E-state index contributed by atoms with van der Waals surface area (Å²) in [6, 6.07) is 0. The Bertz CT molecular complexity index is 818. The average Bonchev–Trinajstić information content (AvgIpc) is 2.91. The Morgan fingerprint density at radius 2 is 1.83 bits per heavy atom. The fourth-order valence-electron chi connectivity index (χ4n) is 2.62. The molecule has 0 amide bonds. The third-order valence-electron chi connectivity index (χ3n) is 3.95. The molecule has 2 heterocycles. The van der Waals surface area contributed by atoms with Crippen LogP contribution in [-0.4, -0.2) is 48.9 Å². The van der Waals surface area contributed by atoms with E-state index in [1.807, 2.05) is 18.7 Å². The SMILES string of the molecule is CCN(CC)c1nc2c(c(=O)n(C)c(=O)n2C)n1CC(O)CCl. The number of aliphatic hydroxyl groups excluding tert-OH is 1. The molecule has 0 aromatic carbocycles. The zero-order valence-corrected chi connectivity index (χ0v) is 14.5. The van der Waals surface area contributed by atoms with Crippen molar-refractivity contribution in [3.63, 3.8) is 0 Å². The van der Waals surface area contributed by atoms with Crippen molar-refractivity contribution in [1.29, 1.82) is 0 Å². The predicted molar refractivity (Wildman–Crippen MR) is 90.5 cm³/mol. The summed E-state index contributed by atoms with van der Waals surface area (Å²) in [5.41, 5.74) is -0.269. The van der Waals surface area contributed by atoms with Gasteiger partial charge in [-0.2, -0.15) is 4.98 Å². The lowest BCUT2D eigenvalue weighted by atomic mass is 10.4. The zero-order chi connectivity index (χ0) is 17.3. The maximum atomic E-state index is 12.6. The summed E-state index contributed by atoms with van der Waals surface area (Å²) in [5.74, 6) is 0.594. The molecule has 0 aliphatic heterocycles. The monoisotopic (exact) mass is 343 g/mol. The second-order valence-corrected chi connectivity index (χ2v) is 5.69. The lowest BCUT2D eigenvalue weighted by molar-refractivity contribution is 0.178. The molecule has 2 rings (SSSR count). The molecule has 1 N–H and O–H groups in total. The molecule has 9 heteroatoms. The van der Waals surface area contributed by atoms with Gasteiger partial charge < -0.3 is 14.6 Å². The van der Waals surface area contributed by atoms with Crippen molar-refractivity contribution in [3.8, 4) is 0 Å². The largest absolute Gasteiger partial charge is 0.390 e. The van der Waals surface area contributed by atoms with Gasteiger partial charge in [-0.05, 0) is 13.8 Å². The molecule has 0 saturated carbocycles. The number of alkyl halides is 1. The van der Waals surface area contributed by atoms with Crippen molar-refractivity contribution in [2.45, 2.75) is 26.5 Å². The van der Waals surface area contributed by atoms with Crippen LogP contribution in [0.4, 0.5) is 5.95 Å². The maximum Gasteiger partial charge on any atom is 0.332 e. The molecule has 0 saturated heterocycles.